The Kier molecular flexibility index (Phi) is 12.8. The summed E-state index contributed by atoms with van der Waals surface area (Å²) in [7, 11) is 0. The van der Waals surface area contributed by atoms with Crippen LogP contribution in [0.4, 0.5) is 0 Å². The summed E-state index contributed by atoms with van der Waals surface area (Å²) in [6.07, 6.45) is 17.1. The van der Waals surface area contributed by atoms with Crippen LogP contribution in [0.2, 0.25) is 0 Å². The van der Waals surface area contributed by atoms with E-state index < -0.39 is 5.97 Å². The minimum atomic E-state index is -0.846. The Bertz CT molecular complexity index is 273. The van der Waals surface area contributed by atoms with Crippen LogP contribution in [-0.2, 0) is 4.79 Å². The molecule has 0 aliphatic heterocycles. The lowest BCUT2D eigenvalue weighted by atomic mass is 10.1. The minimum absolute atomic E-state index is 0.846. The van der Waals surface area contributed by atoms with Crippen LogP contribution in [0.1, 0.15) is 64.2 Å². The second-order valence-corrected chi connectivity index (χ2v) is 4.55. The maximum atomic E-state index is 10.2. The first kappa shape index (κ1) is 16.7. The average Bonchev–Trinajstić information content (AvgIpc) is 2.34. The number of hydrogen-bond donors (Lipinski definition) is 1. The number of aliphatic carboxylic acids is 1. The molecule has 0 aromatic carbocycles. The quantitative estimate of drug-likeness (QED) is 0.305. The van der Waals surface area contributed by atoms with E-state index in [-0.39, 0.29) is 0 Å². The highest BCUT2D eigenvalue weighted by atomic mass is 16.4. The van der Waals surface area contributed by atoms with Gasteiger partial charge in [0.2, 0.25) is 0 Å². The van der Waals surface area contributed by atoms with Gasteiger partial charge in [-0.05, 0) is 31.8 Å². The number of rotatable bonds is 12. The molecule has 0 aromatic rings. The number of unbranched alkanes of at least 4 members (excludes halogenated alkanes) is 9. The van der Waals surface area contributed by atoms with Gasteiger partial charge in [0.25, 0.3) is 0 Å². The van der Waals surface area contributed by atoms with Crippen LogP contribution >= 0.6 is 0 Å². The third-order valence-corrected chi connectivity index (χ3v) is 2.87. The molecule has 0 unspecified atom stereocenters. The summed E-state index contributed by atoms with van der Waals surface area (Å²) in [4.78, 5) is 10.2. The summed E-state index contributed by atoms with van der Waals surface area (Å²) in [5, 5.41) is 8.39. The molecule has 0 heterocycles. The van der Waals surface area contributed by atoms with Crippen LogP contribution in [0.25, 0.3) is 0 Å². The van der Waals surface area contributed by atoms with Crippen molar-refractivity contribution >= 4 is 5.97 Å². The van der Waals surface area contributed by atoms with Crippen LogP contribution in [0.3, 0.4) is 0 Å². The van der Waals surface area contributed by atoms with E-state index in [0.717, 1.165) is 19.3 Å². The molecule has 2 heteroatoms. The molecule has 0 aromatic heterocycles. The maximum Gasteiger partial charge on any atom is 0.327 e. The van der Waals surface area contributed by atoms with Gasteiger partial charge in [-0.2, -0.15) is 0 Å². The van der Waals surface area contributed by atoms with E-state index in [1.54, 1.807) is 6.08 Å². The van der Waals surface area contributed by atoms with E-state index in [4.69, 9.17) is 5.11 Å². The lowest BCUT2D eigenvalue weighted by Gasteiger charge is -2.00. The van der Waals surface area contributed by atoms with Crippen molar-refractivity contribution in [3.8, 4) is 0 Å². The highest BCUT2D eigenvalue weighted by molar-refractivity contribution is 5.79. The molecule has 0 aliphatic rings. The normalized spacial score (nSPS) is 10.4. The fourth-order valence-electron chi connectivity index (χ4n) is 1.86. The molecule has 18 heavy (non-hydrogen) atoms. The third kappa shape index (κ3) is 14.7. The molecule has 0 saturated carbocycles. The summed E-state index contributed by atoms with van der Waals surface area (Å²) < 4.78 is 0. The molecule has 102 valence electrons. The second kappa shape index (κ2) is 13.8. The molecule has 1 N–H and O–H groups in total. The van der Waals surface area contributed by atoms with Crippen molar-refractivity contribution in [3.63, 3.8) is 0 Å². The molecule has 0 spiro atoms. The van der Waals surface area contributed by atoms with Crippen LogP contribution in [-0.4, -0.2) is 11.1 Å². The van der Waals surface area contributed by atoms with Crippen LogP contribution in [0.15, 0.2) is 30.5 Å². The van der Waals surface area contributed by atoms with Crippen molar-refractivity contribution in [2.75, 3.05) is 0 Å². The molecule has 0 atom stereocenters. The molecule has 0 aliphatic carbocycles. The standard InChI is InChI=1S/C16H26O2/c1-2-3-4-5-6-7-8-9-10-11-12-13-14-15-16(17)18/h3,14-15H,1,4-13H2,(H,17,18). The van der Waals surface area contributed by atoms with E-state index in [0.29, 0.717) is 0 Å². The van der Waals surface area contributed by atoms with Crippen molar-refractivity contribution in [1.29, 1.82) is 0 Å². The summed E-state index contributed by atoms with van der Waals surface area (Å²) in [6.45, 7) is 3.54. The number of hydrogen-bond acceptors (Lipinski definition) is 1. The Morgan fingerprint density at radius 3 is 1.94 bits per heavy atom. The molecular weight excluding hydrogens is 224 g/mol. The zero-order chi connectivity index (χ0) is 13.5. The number of allylic oxidation sites excluding steroid dienone is 2. The van der Waals surface area contributed by atoms with E-state index >= 15 is 0 Å². The van der Waals surface area contributed by atoms with Gasteiger partial charge in [-0.15, -0.1) is 5.73 Å². The zero-order valence-corrected chi connectivity index (χ0v) is 11.4. The van der Waals surface area contributed by atoms with Gasteiger partial charge in [-0.3, -0.25) is 0 Å². The molecular formula is C16H26O2. The fourth-order valence-corrected chi connectivity index (χ4v) is 1.86. The van der Waals surface area contributed by atoms with Crippen molar-refractivity contribution < 1.29 is 9.90 Å². The monoisotopic (exact) mass is 250 g/mol. The second-order valence-electron chi connectivity index (χ2n) is 4.55. The van der Waals surface area contributed by atoms with Gasteiger partial charge >= 0.3 is 5.97 Å². The molecule has 0 fully saturated rings. The Morgan fingerprint density at radius 1 is 0.944 bits per heavy atom. The highest BCUT2D eigenvalue weighted by Gasteiger charge is 1.92. The smallest absolute Gasteiger partial charge is 0.327 e. The Balaban J connectivity index is 3.07. The summed E-state index contributed by atoms with van der Waals surface area (Å²) in [5.74, 6) is -0.846. The largest absolute Gasteiger partial charge is 0.478 e. The van der Waals surface area contributed by atoms with Crippen LogP contribution in [0, 0.1) is 0 Å². The molecule has 0 bridgehead atoms. The molecule has 0 rings (SSSR count). The molecule has 0 amide bonds. The van der Waals surface area contributed by atoms with Gasteiger partial charge in [0.15, 0.2) is 0 Å². The summed E-state index contributed by atoms with van der Waals surface area (Å²) in [5.41, 5.74) is 2.79. The van der Waals surface area contributed by atoms with Crippen molar-refractivity contribution in [2.45, 2.75) is 64.2 Å². The highest BCUT2D eigenvalue weighted by Crippen LogP contribution is 2.10. The van der Waals surface area contributed by atoms with Gasteiger partial charge in [0, 0.05) is 6.08 Å². The maximum absolute atomic E-state index is 10.2. The topological polar surface area (TPSA) is 37.3 Å². The summed E-state index contributed by atoms with van der Waals surface area (Å²) >= 11 is 0. The number of carboxylic acids is 1. The van der Waals surface area contributed by atoms with E-state index in [9.17, 15) is 4.79 Å². The van der Waals surface area contributed by atoms with Gasteiger partial charge in [0.1, 0.15) is 0 Å². The zero-order valence-electron chi connectivity index (χ0n) is 11.4. The van der Waals surface area contributed by atoms with Crippen LogP contribution in [0.5, 0.6) is 0 Å². The Morgan fingerprint density at radius 2 is 1.44 bits per heavy atom. The molecule has 0 saturated heterocycles. The molecule has 0 radical (unpaired) electrons. The van der Waals surface area contributed by atoms with Gasteiger partial charge in [0.05, 0.1) is 0 Å². The Labute approximate surface area is 111 Å². The number of carbonyl (C=O) groups is 1. The summed E-state index contributed by atoms with van der Waals surface area (Å²) in [6, 6.07) is 0. The van der Waals surface area contributed by atoms with Crippen LogP contribution < -0.4 is 0 Å². The first-order valence-electron chi connectivity index (χ1n) is 7.01. The minimum Gasteiger partial charge on any atom is -0.478 e. The predicted molar refractivity (Wildman–Crippen MR) is 76.7 cm³/mol. The average molecular weight is 250 g/mol. The van der Waals surface area contributed by atoms with E-state index in [1.807, 2.05) is 6.08 Å². The predicted octanol–water partition coefficient (Wildman–Crippen LogP) is 4.87. The van der Waals surface area contributed by atoms with Gasteiger partial charge < -0.3 is 5.11 Å². The fraction of sp³-hybridized carbons (Fsp3) is 0.625. The van der Waals surface area contributed by atoms with Gasteiger partial charge in [-0.1, -0.05) is 51.2 Å². The van der Waals surface area contributed by atoms with Gasteiger partial charge in [-0.25, -0.2) is 4.79 Å². The molecule has 2 nitrogen and oxygen atoms in total. The van der Waals surface area contributed by atoms with Crippen molar-refractivity contribution in [1.82, 2.24) is 0 Å². The number of carboxylic acid groups (broad SMARTS) is 1. The first-order chi connectivity index (χ1) is 8.77. The first-order valence-corrected chi connectivity index (χ1v) is 7.01. The SMILES string of the molecule is C=C=CCCCCCCCCCCC=CC(=O)O. The lowest BCUT2D eigenvalue weighted by molar-refractivity contribution is -0.131. The van der Waals surface area contributed by atoms with Crippen molar-refractivity contribution in [3.05, 3.63) is 30.5 Å². The third-order valence-electron chi connectivity index (χ3n) is 2.87. The van der Waals surface area contributed by atoms with E-state index in [1.165, 1.54) is 51.0 Å². The Hall–Kier alpha value is -1.27. The van der Waals surface area contributed by atoms with E-state index in [2.05, 4.69) is 12.3 Å². The lowest BCUT2D eigenvalue weighted by Crippen LogP contribution is -1.85. The van der Waals surface area contributed by atoms with Crippen molar-refractivity contribution in [2.24, 2.45) is 0 Å².